The maximum atomic E-state index is 12.4. The molecule has 0 saturated heterocycles. The second kappa shape index (κ2) is 4.44. The van der Waals surface area contributed by atoms with Crippen LogP contribution in [0.4, 0.5) is 0 Å². The second-order valence-corrected chi connectivity index (χ2v) is 6.12. The molecule has 2 aromatic rings. The third-order valence-corrected chi connectivity index (χ3v) is 4.61. The van der Waals surface area contributed by atoms with Gasteiger partial charge in [-0.25, -0.2) is 0 Å². The molecule has 1 atom stereocenters. The number of aromatic nitrogens is 1. The first-order valence-corrected chi connectivity index (χ1v) is 7.07. The van der Waals surface area contributed by atoms with Gasteiger partial charge in [-0.2, -0.15) is 0 Å². The van der Waals surface area contributed by atoms with E-state index in [0.717, 1.165) is 13.1 Å². The zero-order chi connectivity index (χ0) is 12.7. The fourth-order valence-corrected chi connectivity index (χ4v) is 3.43. The quantitative estimate of drug-likeness (QED) is 0.786. The lowest BCUT2D eigenvalue weighted by atomic mass is 10.1. The van der Waals surface area contributed by atoms with Crippen molar-refractivity contribution in [2.45, 2.75) is 19.5 Å². The van der Waals surface area contributed by atoms with Crippen LogP contribution in [0.2, 0.25) is 4.34 Å². The van der Waals surface area contributed by atoms with E-state index < -0.39 is 0 Å². The van der Waals surface area contributed by atoms with Gasteiger partial charge in [0.15, 0.2) is 0 Å². The van der Waals surface area contributed by atoms with Gasteiger partial charge in [0.05, 0.1) is 15.3 Å². The normalized spacial score (nSPS) is 18.8. The average molecular weight is 281 g/mol. The molecule has 3 rings (SSSR count). The van der Waals surface area contributed by atoms with Crippen LogP contribution in [0.1, 0.15) is 28.3 Å². The minimum atomic E-state index is 0.0758. The van der Waals surface area contributed by atoms with Gasteiger partial charge in [0.2, 0.25) is 0 Å². The van der Waals surface area contributed by atoms with Crippen LogP contribution in [0.5, 0.6) is 0 Å². The van der Waals surface area contributed by atoms with Crippen LogP contribution in [0.15, 0.2) is 30.5 Å². The molecule has 2 aromatic heterocycles. The molecule has 0 aliphatic carbocycles. The van der Waals surface area contributed by atoms with Crippen molar-refractivity contribution in [2.75, 3.05) is 6.54 Å². The number of carbonyl (C=O) groups is 1. The smallest absolute Gasteiger partial charge is 0.264 e. The van der Waals surface area contributed by atoms with Gasteiger partial charge >= 0.3 is 0 Å². The molecule has 1 aliphatic heterocycles. The summed E-state index contributed by atoms with van der Waals surface area (Å²) < 4.78 is 2.86. The zero-order valence-electron chi connectivity index (χ0n) is 9.97. The molecular formula is C13H13ClN2OS. The number of rotatable bonds is 1. The molecule has 94 valence electrons. The lowest BCUT2D eigenvalue weighted by Crippen LogP contribution is -2.40. The Hall–Kier alpha value is -1.26. The van der Waals surface area contributed by atoms with Gasteiger partial charge in [0.1, 0.15) is 0 Å². The monoisotopic (exact) mass is 280 g/mol. The summed E-state index contributed by atoms with van der Waals surface area (Å²) in [4.78, 5) is 15.1. The number of halogens is 1. The number of hydrogen-bond donors (Lipinski definition) is 0. The van der Waals surface area contributed by atoms with Gasteiger partial charge in [-0.15, -0.1) is 11.3 Å². The Labute approximate surface area is 115 Å². The predicted octanol–water partition coefficient (Wildman–Crippen LogP) is 3.42. The van der Waals surface area contributed by atoms with Gasteiger partial charge in [-0.05, 0) is 31.2 Å². The van der Waals surface area contributed by atoms with Crippen molar-refractivity contribution in [3.63, 3.8) is 0 Å². The topological polar surface area (TPSA) is 25.2 Å². The third-order valence-electron chi connectivity index (χ3n) is 3.39. The highest BCUT2D eigenvalue weighted by atomic mass is 35.5. The molecule has 1 aliphatic rings. The molecule has 5 heteroatoms. The van der Waals surface area contributed by atoms with E-state index in [-0.39, 0.29) is 11.9 Å². The van der Waals surface area contributed by atoms with Crippen LogP contribution < -0.4 is 0 Å². The van der Waals surface area contributed by atoms with Crippen molar-refractivity contribution in [3.05, 3.63) is 45.4 Å². The maximum Gasteiger partial charge on any atom is 0.264 e. The Morgan fingerprint density at radius 3 is 2.94 bits per heavy atom. The minimum Gasteiger partial charge on any atom is -0.348 e. The Morgan fingerprint density at radius 1 is 1.39 bits per heavy atom. The van der Waals surface area contributed by atoms with Gasteiger partial charge in [-0.3, -0.25) is 4.79 Å². The highest BCUT2D eigenvalue weighted by molar-refractivity contribution is 7.17. The molecule has 0 bridgehead atoms. The third kappa shape index (κ3) is 1.85. The second-order valence-electron chi connectivity index (χ2n) is 4.40. The highest BCUT2D eigenvalue weighted by Crippen LogP contribution is 2.29. The number of thiophene rings is 1. The van der Waals surface area contributed by atoms with E-state index >= 15 is 0 Å². The largest absolute Gasteiger partial charge is 0.348 e. The van der Waals surface area contributed by atoms with Crippen LogP contribution >= 0.6 is 22.9 Å². The molecule has 3 nitrogen and oxygen atoms in total. The van der Waals surface area contributed by atoms with E-state index in [2.05, 4.69) is 23.8 Å². The lowest BCUT2D eigenvalue weighted by molar-refractivity contribution is 0.0649. The lowest BCUT2D eigenvalue weighted by Gasteiger charge is -2.34. The SMILES string of the molecule is C[C@@H]1c2cccn2CCN1C(=O)c1ccc(Cl)s1. The molecule has 0 unspecified atom stereocenters. The molecule has 0 fully saturated rings. The van der Waals surface area contributed by atoms with Crippen LogP contribution in [-0.4, -0.2) is 21.9 Å². The van der Waals surface area contributed by atoms with E-state index in [4.69, 9.17) is 11.6 Å². The van der Waals surface area contributed by atoms with Crippen LogP contribution in [-0.2, 0) is 6.54 Å². The van der Waals surface area contributed by atoms with Gasteiger partial charge < -0.3 is 9.47 Å². The van der Waals surface area contributed by atoms with Gasteiger partial charge in [0.25, 0.3) is 5.91 Å². The number of amides is 1. The zero-order valence-corrected chi connectivity index (χ0v) is 11.5. The van der Waals surface area contributed by atoms with E-state index in [1.54, 1.807) is 12.1 Å². The number of fused-ring (bicyclic) bond motifs is 1. The van der Waals surface area contributed by atoms with Crippen molar-refractivity contribution >= 4 is 28.8 Å². The van der Waals surface area contributed by atoms with Crippen molar-refractivity contribution in [1.82, 2.24) is 9.47 Å². The standard InChI is InChI=1S/C13H13ClN2OS/c1-9-10-3-2-6-15(10)7-8-16(9)13(17)11-4-5-12(14)18-11/h2-6,9H,7-8H2,1H3/t9-/m1/s1. The molecule has 0 saturated carbocycles. The summed E-state index contributed by atoms with van der Waals surface area (Å²) in [5.41, 5.74) is 1.19. The van der Waals surface area contributed by atoms with E-state index in [1.807, 2.05) is 11.0 Å². The van der Waals surface area contributed by atoms with E-state index in [9.17, 15) is 4.79 Å². The Morgan fingerprint density at radius 2 is 2.22 bits per heavy atom. The first-order chi connectivity index (χ1) is 8.66. The summed E-state index contributed by atoms with van der Waals surface area (Å²) in [7, 11) is 0. The molecule has 0 radical (unpaired) electrons. The summed E-state index contributed by atoms with van der Waals surface area (Å²) in [6.07, 6.45) is 2.07. The van der Waals surface area contributed by atoms with Crippen molar-refractivity contribution in [1.29, 1.82) is 0 Å². The Bertz CT molecular complexity index is 589. The van der Waals surface area contributed by atoms with Crippen LogP contribution in [0.3, 0.4) is 0 Å². The summed E-state index contributed by atoms with van der Waals surface area (Å²) in [6.45, 7) is 3.67. The van der Waals surface area contributed by atoms with Crippen LogP contribution in [0.25, 0.3) is 0 Å². The van der Waals surface area contributed by atoms with Crippen molar-refractivity contribution < 1.29 is 4.79 Å². The van der Waals surface area contributed by atoms with Crippen molar-refractivity contribution in [3.8, 4) is 0 Å². The first-order valence-electron chi connectivity index (χ1n) is 5.88. The Kier molecular flexibility index (Phi) is 2.92. The first kappa shape index (κ1) is 11.8. The number of nitrogens with zero attached hydrogens (tertiary/aromatic N) is 2. The number of hydrogen-bond acceptors (Lipinski definition) is 2. The Balaban J connectivity index is 1.88. The van der Waals surface area contributed by atoms with Gasteiger partial charge in [0, 0.05) is 25.0 Å². The molecule has 3 heterocycles. The fraction of sp³-hybridized carbons (Fsp3) is 0.308. The predicted molar refractivity (Wildman–Crippen MR) is 73.2 cm³/mol. The fourth-order valence-electron chi connectivity index (χ4n) is 2.43. The van der Waals surface area contributed by atoms with E-state index in [0.29, 0.717) is 9.21 Å². The summed E-state index contributed by atoms with van der Waals surface area (Å²) in [5.74, 6) is 0.0758. The molecule has 0 aromatic carbocycles. The summed E-state index contributed by atoms with van der Waals surface area (Å²) in [6, 6.07) is 7.79. The van der Waals surface area contributed by atoms with Crippen LogP contribution in [0, 0.1) is 0 Å². The molecular weight excluding hydrogens is 268 g/mol. The molecule has 1 amide bonds. The molecule has 0 spiro atoms. The minimum absolute atomic E-state index is 0.0758. The number of carbonyl (C=O) groups excluding carboxylic acids is 1. The van der Waals surface area contributed by atoms with Gasteiger partial charge in [-0.1, -0.05) is 11.6 Å². The summed E-state index contributed by atoms with van der Waals surface area (Å²) >= 11 is 7.23. The molecule has 0 N–H and O–H groups in total. The average Bonchev–Trinajstić information content (AvgIpc) is 2.97. The maximum absolute atomic E-state index is 12.4. The van der Waals surface area contributed by atoms with E-state index in [1.165, 1.54) is 17.0 Å². The van der Waals surface area contributed by atoms with Crippen molar-refractivity contribution in [2.24, 2.45) is 0 Å². The summed E-state index contributed by atoms with van der Waals surface area (Å²) in [5, 5.41) is 0. The molecule has 18 heavy (non-hydrogen) atoms. The highest BCUT2D eigenvalue weighted by Gasteiger charge is 2.28.